The molecule has 10 heavy (non-hydrogen) atoms. The van der Waals surface area contributed by atoms with Gasteiger partial charge in [-0.1, -0.05) is 11.3 Å². The van der Waals surface area contributed by atoms with E-state index in [-0.39, 0.29) is 5.60 Å². The number of rotatable bonds is 2. The summed E-state index contributed by atoms with van der Waals surface area (Å²) in [5, 5.41) is 1.31. The molecule has 58 valence electrons. The van der Waals surface area contributed by atoms with Crippen LogP contribution in [0.1, 0.15) is 34.6 Å². The Balaban J connectivity index is 3.56. The minimum absolute atomic E-state index is 0.00269. The Kier molecular flexibility index (Phi) is 3.90. The lowest BCUT2D eigenvalue weighted by atomic mass is 10.2. The van der Waals surface area contributed by atoms with Gasteiger partial charge in [0.25, 0.3) is 9.76 Å². The van der Waals surface area contributed by atoms with Crippen LogP contribution < -0.4 is 0 Å². The van der Waals surface area contributed by atoms with Crippen LogP contribution in [0.5, 0.6) is 0 Å². The Labute approximate surface area is 66.4 Å². The second-order valence-corrected chi connectivity index (χ2v) is 4.49. The molecule has 0 rings (SSSR count). The second-order valence-electron chi connectivity index (χ2n) is 3.29. The minimum Gasteiger partial charge on any atom is -0.407 e. The molecule has 0 unspecified atom stereocenters. The first-order valence-corrected chi connectivity index (χ1v) is 4.43. The Morgan fingerprint density at radius 2 is 1.90 bits per heavy atom. The predicted octanol–water partition coefficient (Wildman–Crippen LogP) is 2.34. The van der Waals surface area contributed by atoms with Gasteiger partial charge in [0.1, 0.15) is 0 Å². The summed E-state index contributed by atoms with van der Waals surface area (Å²) in [4.78, 5) is 0. The van der Waals surface area contributed by atoms with E-state index in [0.29, 0.717) is 9.76 Å². The first-order valence-electron chi connectivity index (χ1n) is 3.52. The minimum atomic E-state index is 0.00269. The summed E-state index contributed by atoms with van der Waals surface area (Å²) in [6.45, 7) is 10.3. The fraction of sp³-hybridized carbons (Fsp3) is 0.750. The van der Waals surface area contributed by atoms with Crippen molar-refractivity contribution in [3.05, 3.63) is 11.3 Å². The molecule has 0 heterocycles. The van der Waals surface area contributed by atoms with Crippen LogP contribution in [-0.4, -0.2) is 15.4 Å². The largest absolute Gasteiger partial charge is 0.407 e. The summed E-state index contributed by atoms with van der Waals surface area (Å²) in [7, 11) is 0.519. The molecule has 0 saturated carbocycles. The van der Waals surface area contributed by atoms with E-state index in [2.05, 4.69) is 33.8 Å². The molecule has 0 aromatic carbocycles. The molecule has 0 N–H and O–H groups in total. The molecule has 0 bridgehead atoms. The molecule has 0 spiro atoms. The van der Waals surface area contributed by atoms with Crippen molar-refractivity contribution in [3.63, 3.8) is 0 Å². The van der Waals surface area contributed by atoms with E-state index in [1.807, 2.05) is 6.92 Å². The van der Waals surface area contributed by atoms with E-state index in [4.69, 9.17) is 4.43 Å². The van der Waals surface area contributed by atoms with Crippen LogP contribution in [-0.2, 0) is 4.43 Å². The normalized spacial score (nSPS) is 13.9. The third-order valence-corrected chi connectivity index (χ3v) is 2.28. The molecular formula is C8H16OSi. The molecule has 0 amide bonds. The molecule has 0 saturated heterocycles. The highest BCUT2D eigenvalue weighted by Crippen LogP contribution is 2.06. The standard InChI is InChI=1S/C8H16OSi/c1-6-7(2)10-9-8(3,4)5/h6H,1-5H3/b7-6+. The molecule has 0 aromatic rings. The first-order chi connectivity index (χ1) is 4.45. The van der Waals surface area contributed by atoms with Crippen molar-refractivity contribution in [2.75, 3.05) is 0 Å². The lowest BCUT2D eigenvalue weighted by Gasteiger charge is -2.18. The summed E-state index contributed by atoms with van der Waals surface area (Å²) in [6.07, 6.45) is 2.09. The lowest BCUT2D eigenvalue weighted by Crippen LogP contribution is -2.22. The van der Waals surface area contributed by atoms with Gasteiger partial charge in [0.15, 0.2) is 0 Å². The lowest BCUT2D eigenvalue weighted by molar-refractivity contribution is 0.140. The highest BCUT2D eigenvalue weighted by molar-refractivity contribution is 6.37. The van der Waals surface area contributed by atoms with Gasteiger partial charge in [-0.05, 0) is 34.6 Å². The Morgan fingerprint density at radius 3 is 2.20 bits per heavy atom. The highest BCUT2D eigenvalue weighted by Gasteiger charge is 2.09. The van der Waals surface area contributed by atoms with Crippen molar-refractivity contribution in [2.24, 2.45) is 0 Å². The van der Waals surface area contributed by atoms with Gasteiger partial charge in [-0.3, -0.25) is 0 Å². The van der Waals surface area contributed by atoms with E-state index >= 15 is 0 Å². The zero-order valence-corrected chi connectivity index (χ0v) is 8.49. The van der Waals surface area contributed by atoms with Crippen molar-refractivity contribution in [1.82, 2.24) is 0 Å². The van der Waals surface area contributed by atoms with Crippen LogP contribution in [0.2, 0.25) is 0 Å². The fourth-order valence-corrected chi connectivity index (χ4v) is 0.878. The van der Waals surface area contributed by atoms with Gasteiger partial charge in [0, 0.05) is 5.60 Å². The van der Waals surface area contributed by atoms with Crippen LogP contribution in [0, 0.1) is 0 Å². The molecular weight excluding hydrogens is 140 g/mol. The van der Waals surface area contributed by atoms with Gasteiger partial charge in [-0.2, -0.15) is 0 Å². The van der Waals surface area contributed by atoms with E-state index in [9.17, 15) is 0 Å². The molecule has 0 aliphatic carbocycles. The highest BCUT2D eigenvalue weighted by atomic mass is 28.2. The van der Waals surface area contributed by atoms with E-state index in [0.717, 1.165) is 0 Å². The molecule has 0 aromatic heterocycles. The van der Waals surface area contributed by atoms with Crippen molar-refractivity contribution in [2.45, 2.75) is 40.2 Å². The summed E-state index contributed by atoms with van der Waals surface area (Å²) < 4.78 is 5.54. The van der Waals surface area contributed by atoms with Crippen LogP contribution >= 0.6 is 0 Å². The Hall–Kier alpha value is -0.0831. The van der Waals surface area contributed by atoms with Crippen molar-refractivity contribution in [3.8, 4) is 0 Å². The molecule has 2 heteroatoms. The number of hydrogen-bond donors (Lipinski definition) is 0. The van der Waals surface area contributed by atoms with E-state index < -0.39 is 0 Å². The SMILES string of the molecule is C/C=C(\C)[Si]OC(C)(C)C. The molecule has 2 radical (unpaired) electrons. The quantitative estimate of drug-likeness (QED) is 0.558. The van der Waals surface area contributed by atoms with Gasteiger partial charge < -0.3 is 4.43 Å². The molecule has 0 fully saturated rings. The Morgan fingerprint density at radius 1 is 1.40 bits per heavy atom. The zero-order chi connectivity index (χ0) is 8.20. The first kappa shape index (κ1) is 9.92. The maximum atomic E-state index is 5.54. The summed E-state index contributed by atoms with van der Waals surface area (Å²) in [6, 6.07) is 0. The zero-order valence-electron chi connectivity index (χ0n) is 7.49. The van der Waals surface area contributed by atoms with Gasteiger partial charge in [0.05, 0.1) is 0 Å². The monoisotopic (exact) mass is 156 g/mol. The average Bonchev–Trinajstić information content (AvgIpc) is 1.81. The predicted molar refractivity (Wildman–Crippen MR) is 46.0 cm³/mol. The van der Waals surface area contributed by atoms with E-state index in [1.165, 1.54) is 5.20 Å². The van der Waals surface area contributed by atoms with E-state index in [1.54, 1.807) is 0 Å². The molecule has 0 aliphatic rings. The Bertz CT molecular complexity index is 122. The van der Waals surface area contributed by atoms with Crippen molar-refractivity contribution >= 4 is 9.76 Å². The maximum Gasteiger partial charge on any atom is 0.264 e. The second kappa shape index (κ2) is 3.94. The summed E-state index contributed by atoms with van der Waals surface area (Å²) >= 11 is 0. The van der Waals surface area contributed by atoms with Gasteiger partial charge in [0.2, 0.25) is 0 Å². The van der Waals surface area contributed by atoms with Gasteiger partial charge in [-0.25, -0.2) is 0 Å². The summed E-state index contributed by atoms with van der Waals surface area (Å²) in [5.41, 5.74) is 0.00269. The smallest absolute Gasteiger partial charge is 0.264 e. The van der Waals surface area contributed by atoms with Crippen LogP contribution in [0.15, 0.2) is 11.3 Å². The van der Waals surface area contributed by atoms with Crippen LogP contribution in [0.3, 0.4) is 0 Å². The number of hydrogen-bond acceptors (Lipinski definition) is 1. The van der Waals surface area contributed by atoms with Gasteiger partial charge in [-0.15, -0.1) is 0 Å². The molecule has 0 atom stereocenters. The van der Waals surface area contributed by atoms with Gasteiger partial charge >= 0.3 is 0 Å². The summed E-state index contributed by atoms with van der Waals surface area (Å²) in [5.74, 6) is 0. The maximum absolute atomic E-state index is 5.54. The molecule has 0 aliphatic heterocycles. The van der Waals surface area contributed by atoms with Crippen molar-refractivity contribution < 1.29 is 4.43 Å². The topological polar surface area (TPSA) is 9.23 Å². The fourth-order valence-electron chi connectivity index (χ4n) is 0.293. The molecule has 1 nitrogen and oxygen atoms in total. The third-order valence-electron chi connectivity index (χ3n) is 0.951. The van der Waals surface area contributed by atoms with Crippen LogP contribution in [0.25, 0.3) is 0 Å². The van der Waals surface area contributed by atoms with Crippen LogP contribution in [0.4, 0.5) is 0 Å². The number of allylic oxidation sites excluding steroid dienone is 2. The van der Waals surface area contributed by atoms with Crippen molar-refractivity contribution in [1.29, 1.82) is 0 Å². The average molecular weight is 156 g/mol. The third kappa shape index (κ3) is 6.04.